The van der Waals surface area contributed by atoms with E-state index < -0.39 is 0 Å². The van der Waals surface area contributed by atoms with Crippen molar-refractivity contribution in [1.82, 2.24) is 4.57 Å². The molecule has 1 heterocycles. The highest BCUT2D eigenvalue weighted by Gasteiger charge is 2.08. The van der Waals surface area contributed by atoms with E-state index in [9.17, 15) is 0 Å². The third-order valence-corrected chi connectivity index (χ3v) is 2.90. The van der Waals surface area contributed by atoms with Crippen LogP contribution in [0, 0.1) is 6.92 Å². The highest BCUT2D eigenvalue weighted by atomic mass is 16.6. The first-order valence-corrected chi connectivity index (χ1v) is 5.55. The quantitative estimate of drug-likeness (QED) is 0.805. The highest BCUT2D eigenvalue weighted by Crippen LogP contribution is 2.25. The number of nitrogens with two attached hydrogens (primary N) is 1. The van der Waals surface area contributed by atoms with Crippen molar-refractivity contribution in [3.63, 3.8) is 0 Å². The lowest BCUT2D eigenvalue weighted by molar-refractivity contribution is 0.124. The minimum Gasteiger partial charge on any atom is -0.345 e. The highest BCUT2D eigenvalue weighted by molar-refractivity contribution is 5.84. The van der Waals surface area contributed by atoms with Gasteiger partial charge >= 0.3 is 0 Å². The van der Waals surface area contributed by atoms with Crippen molar-refractivity contribution in [1.29, 1.82) is 0 Å². The van der Waals surface area contributed by atoms with Crippen molar-refractivity contribution in [2.75, 3.05) is 0 Å². The lowest BCUT2D eigenvalue weighted by atomic mass is 10.1. The van der Waals surface area contributed by atoms with Crippen molar-refractivity contribution in [3.05, 3.63) is 35.5 Å². The number of aryl methyl sites for hydroxylation is 1. The van der Waals surface area contributed by atoms with Crippen LogP contribution in [0.15, 0.2) is 24.4 Å². The van der Waals surface area contributed by atoms with Crippen LogP contribution in [0.3, 0.4) is 0 Å². The molecule has 0 atom stereocenters. The number of hydrogen-bond acceptors (Lipinski definition) is 2. The van der Waals surface area contributed by atoms with E-state index in [0.29, 0.717) is 12.6 Å². The molecule has 0 radical (unpaired) electrons. The molecule has 0 aliphatic carbocycles. The number of nitrogens with zero attached hydrogens (tertiary/aromatic N) is 1. The predicted octanol–water partition coefficient (Wildman–Crippen LogP) is 2.92. The van der Waals surface area contributed by atoms with E-state index in [-0.39, 0.29) is 0 Å². The summed E-state index contributed by atoms with van der Waals surface area (Å²) in [7, 11) is 0. The molecule has 2 rings (SSSR count). The normalized spacial score (nSPS) is 11.6. The number of hydrogen-bond donors (Lipinski definition) is 1. The fourth-order valence-electron chi connectivity index (χ4n) is 2.09. The number of fused-ring (bicyclic) bond motifs is 1. The third kappa shape index (κ3) is 1.84. The van der Waals surface area contributed by atoms with Gasteiger partial charge in [0.25, 0.3) is 0 Å². The van der Waals surface area contributed by atoms with E-state index in [1.165, 1.54) is 16.5 Å². The first-order chi connectivity index (χ1) is 7.63. The van der Waals surface area contributed by atoms with Gasteiger partial charge in [-0.1, -0.05) is 12.1 Å². The lowest BCUT2D eigenvalue weighted by Gasteiger charge is -2.09. The summed E-state index contributed by atoms with van der Waals surface area (Å²) in [4.78, 5) is 4.67. The number of aromatic nitrogens is 1. The van der Waals surface area contributed by atoms with Crippen LogP contribution in [0.4, 0.5) is 0 Å². The van der Waals surface area contributed by atoms with Crippen LogP contribution in [0.5, 0.6) is 0 Å². The largest absolute Gasteiger partial charge is 0.345 e. The van der Waals surface area contributed by atoms with Crippen molar-refractivity contribution >= 4 is 10.9 Å². The summed E-state index contributed by atoms with van der Waals surface area (Å²) in [5, 5.41) is 1.30. The Hall–Kier alpha value is -1.32. The molecule has 1 aromatic carbocycles. The maximum Gasteiger partial charge on any atom is 0.0930 e. The molecule has 2 aromatic rings. The molecule has 0 amide bonds. The molecule has 0 spiro atoms. The Kier molecular flexibility index (Phi) is 2.99. The molecule has 2 N–H and O–H groups in total. The van der Waals surface area contributed by atoms with Gasteiger partial charge in [0.2, 0.25) is 0 Å². The summed E-state index contributed by atoms with van der Waals surface area (Å²) in [6.45, 7) is 6.97. The lowest BCUT2D eigenvalue weighted by Crippen LogP contribution is -2.01. The second kappa shape index (κ2) is 4.28. The monoisotopic (exact) mass is 218 g/mol. The summed E-state index contributed by atoms with van der Waals surface area (Å²) in [5.41, 5.74) is 3.67. The van der Waals surface area contributed by atoms with Crippen molar-refractivity contribution < 1.29 is 4.84 Å². The third-order valence-electron chi connectivity index (χ3n) is 2.90. The average Bonchev–Trinajstić information content (AvgIpc) is 2.57. The van der Waals surface area contributed by atoms with Gasteiger partial charge in [-0.05, 0) is 38.0 Å². The molecule has 3 nitrogen and oxygen atoms in total. The number of benzene rings is 1. The Labute approximate surface area is 95.8 Å². The van der Waals surface area contributed by atoms with Crippen LogP contribution in [-0.4, -0.2) is 4.57 Å². The molecule has 3 heteroatoms. The summed E-state index contributed by atoms with van der Waals surface area (Å²) in [5.74, 6) is 5.10. The Morgan fingerprint density at radius 2 is 2.12 bits per heavy atom. The van der Waals surface area contributed by atoms with Crippen LogP contribution in [0.25, 0.3) is 10.9 Å². The van der Waals surface area contributed by atoms with Crippen molar-refractivity contribution in [2.45, 2.75) is 33.4 Å². The zero-order chi connectivity index (χ0) is 11.7. The van der Waals surface area contributed by atoms with Crippen LogP contribution < -0.4 is 5.90 Å². The van der Waals surface area contributed by atoms with Crippen LogP contribution in [-0.2, 0) is 11.4 Å². The Bertz CT molecular complexity index is 500. The standard InChI is InChI=1S/C13H18N2O/c1-9(2)15-7-10(3)12-5-4-11(8-16-14)6-13(12)15/h4-7,9H,8,14H2,1-3H3. The van der Waals surface area contributed by atoms with E-state index in [1.54, 1.807) is 0 Å². The van der Waals surface area contributed by atoms with Gasteiger partial charge < -0.3 is 4.57 Å². The van der Waals surface area contributed by atoms with Gasteiger partial charge in [0.1, 0.15) is 0 Å². The Morgan fingerprint density at radius 3 is 2.75 bits per heavy atom. The van der Waals surface area contributed by atoms with Gasteiger partial charge in [0.05, 0.1) is 6.61 Å². The van der Waals surface area contributed by atoms with Crippen LogP contribution >= 0.6 is 0 Å². The molecular formula is C13H18N2O. The van der Waals surface area contributed by atoms with Gasteiger partial charge in [-0.15, -0.1) is 0 Å². The topological polar surface area (TPSA) is 40.2 Å². The molecule has 0 aliphatic heterocycles. The summed E-state index contributed by atoms with van der Waals surface area (Å²) >= 11 is 0. The molecule has 0 saturated carbocycles. The zero-order valence-corrected chi connectivity index (χ0v) is 10.0. The van der Waals surface area contributed by atoms with Gasteiger partial charge in [-0.2, -0.15) is 0 Å². The minimum atomic E-state index is 0.457. The molecule has 0 unspecified atom stereocenters. The van der Waals surface area contributed by atoms with Gasteiger partial charge in [0.15, 0.2) is 0 Å². The van der Waals surface area contributed by atoms with E-state index in [1.807, 2.05) is 0 Å². The zero-order valence-electron chi connectivity index (χ0n) is 10.0. The fourth-order valence-corrected chi connectivity index (χ4v) is 2.09. The molecule has 86 valence electrons. The summed E-state index contributed by atoms with van der Waals surface area (Å²) < 4.78 is 2.28. The SMILES string of the molecule is Cc1cn(C(C)C)c2cc(CON)ccc12. The van der Waals surface area contributed by atoms with Gasteiger partial charge in [-0.25, -0.2) is 5.90 Å². The van der Waals surface area contributed by atoms with Crippen molar-refractivity contribution in [3.8, 4) is 0 Å². The molecule has 0 bridgehead atoms. The molecule has 16 heavy (non-hydrogen) atoms. The average molecular weight is 218 g/mol. The molecule has 0 aliphatic rings. The first kappa shape index (κ1) is 11.2. The minimum absolute atomic E-state index is 0.457. The summed E-state index contributed by atoms with van der Waals surface area (Å²) in [6, 6.07) is 6.81. The second-order valence-electron chi connectivity index (χ2n) is 4.48. The van der Waals surface area contributed by atoms with Gasteiger partial charge in [0, 0.05) is 23.1 Å². The summed E-state index contributed by atoms with van der Waals surface area (Å²) in [6.07, 6.45) is 2.20. The smallest absolute Gasteiger partial charge is 0.0930 e. The van der Waals surface area contributed by atoms with Gasteiger partial charge in [-0.3, -0.25) is 4.84 Å². The molecule has 1 aromatic heterocycles. The van der Waals surface area contributed by atoms with E-state index in [2.05, 4.69) is 54.6 Å². The maximum atomic E-state index is 5.10. The maximum absolute atomic E-state index is 5.10. The van der Waals surface area contributed by atoms with E-state index in [0.717, 1.165) is 5.56 Å². The number of rotatable bonds is 3. The molecular weight excluding hydrogens is 200 g/mol. The van der Waals surface area contributed by atoms with Crippen molar-refractivity contribution in [2.24, 2.45) is 5.90 Å². The van der Waals surface area contributed by atoms with E-state index in [4.69, 9.17) is 5.90 Å². The Balaban J connectivity index is 2.60. The molecule has 0 fully saturated rings. The fraction of sp³-hybridized carbons (Fsp3) is 0.385. The first-order valence-electron chi connectivity index (χ1n) is 5.55. The Morgan fingerprint density at radius 1 is 1.38 bits per heavy atom. The van der Waals surface area contributed by atoms with Crippen LogP contribution in [0.1, 0.15) is 31.0 Å². The second-order valence-corrected chi connectivity index (χ2v) is 4.48. The molecule has 0 saturated heterocycles. The van der Waals surface area contributed by atoms with Crippen LogP contribution in [0.2, 0.25) is 0 Å². The van der Waals surface area contributed by atoms with E-state index >= 15 is 0 Å². The predicted molar refractivity (Wildman–Crippen MR) is 66.0 cm³/mol.